The zero-order chi connectivity index (χ0) is 13.1. The number of ether oxygens (including phenoxy) is 2. The highest BCUT2D eigenvalue weighted by atomic mass is 127. The molecule has 2 rings (SSSR count). The molecular formula is C13H11IN2O2. The summed E-state index contributed by atoms with van der Waals surface area (Å²) in [6.45, 7) is 0. The Morgan fingerprint density at radius 3 is 2.50 bits per heavy atom. The lowest BCUT2D eigenvalue weighted by Crippen LogP contribution is -1.95. The van der Waals surface area contributed by atoms with Gasteiger partial charge in [-0.2, -0.15) is 5.26 Å². The summed E-state index contributed by atoms with van der Waals surface area (Å²) in [6, 6.07) is 5.86. The van der Waals surface area contributed by atoms with E-state index < -0.39 is 0 Å². The second kappa shape index (κ2) is 5.40. The summed E-state index contributed by atoms with van der Waals surface area (Å²) < 4.78 is 11.3. The van der Waals surface area contributed by atoms with Crippen LogP contribution in [0.1, 0.15) is 11.1 Å². The number of nitriles is 1. The largest absolute Gasteiger partial charge is 0.493 e. The fraction of sp³-hybridized carbons (Fsp3) is 0.231. The first-order valence-electron chi connectivity index (χ1n) is 5.24. The van der Waals surface area contributed by atoms with E-state index in [0.717, 1.165) is 20.9 Å². The van der Waals surface area contributed by atoms with Crippen LogP contribution >= 0.6 is 22.6 Å². The zero-order valence-corrected chi connectivity index (χ0v) is 12.2. The maximum Gasteiger partial charge on any atom is 0.162 e. The SMILES string of the molecule is COc1cc2ncc(C#N)c(CI)c2cc1OC. The van der Waals surface area contributed by atoms with Crippen LogP contribution in [-0.4, -0.2) is 19.2 Å². The maximum absolute atomic E-state index is 9.09. The number of pyridine rings is 1. The molecule has 5 heteroatoms. The Labute approximate surface area is 119 Å². The molecule has 0 spiro atoms. The van der Waals surface area contributed by atoms with E-state index in [9.17, 15) is 0 Å². The first-order valence-corrected chi connectivity index (χ1v) is 6.77. The van der Waals surface area contributed by atoms with Crippen molar-refractivity contribution in [3.8, 4) is 17.6 Å². The highest BCUT2D eigenvalue weighted by Gasteiger charge is 2.12. The summed E-state index contributed by atoms with van der Waals surface area (Å²) in [6.07, 6.45) is 1.60. The van der Waals surface area contributed by atoms with Gasteiger partial charge in [-0.15, -0.1) is 0 Å². The predicted molar refractivity (Wildman–Crippen MR) is 77.3 cm³/mol. The van der Waals surface area contributed by atoms with E-state index >= 15 is 0 Å². The van der Waals surface area contributed by atoms with Crippen molar-refractivity contribution in [3.05, 3.63) is 29.5 Å². The number of nitrogens with zero attached hydrogens (tertiary/aromatic N) is 2. The molecule has 1 aromatic heterocycles. The van der Waals surface area contributed by atoms with Crippen molar-refractivity contribution in [1.82, 2.24) is 4.98 Å². The number of halogens is 1. The van der Waals surface area contributed by atoms with Gasteiger partial charge in [0.05, 0.1) is 25.3 Å². The van der Waals surface area contributed by atoms with Gasteiger partial charge < -0.3 is 9.47 Å². The van der Waals surface area contributed by atoms with Crippen LogP contribution in [0.3, 0.4) is 0 Å². The molecule has 92 valence electrons. The van der Waals surface area contributed by atoms with Crippen LogP contribution in [0, 0.1) is 11.3 Å². The van der Waals surface area contributed by atoms with Crippen LogP contribution in [0.4, 0.5) is 0 Å². The van der Waals surface area contributed by atoms with Crippen molar-refractivity contribution >= 4 is 33.5 Å². The van der Waals surface area contributed by atoms with Crippen molar-refractivity contribution in [1.29, 1.82) is 5.26 Å². The number of fused-ring (bicyclic) bond motifs is 1. The van der Waals surface area contributed by atoms with Crippen molar-refractivity contribution in [3.63, 3.8) is 0 Å². The smallest absolute Gasteiger partial charge is 0.162 e. The molecule has 0 amide bonds. The Balaban J connectivity index is 2.81. The van der Waals surface area contributed by atoms with Crippen molar-refractivity contribution in [2.75, 3.05) is 14.2 Å². The van der Waals surface area contributed by atoms with Crippen molar-refractivity contribution < 1.29 is 9.47 Å². The van der Waals surface area contributed by atoms with E-state index in [1.165, 1.54) is 0 Å². The molecule has 0 saturated carbocycles. The number of hydrogen-bond donors (Lipinski definition) is 0. The minimum absolute atomic E-state index is 0.601. The van der Waals surface area contributed by atoms with E-state index in [1.807, 2.05) is 12.1 Å². The standard InChI is InChI=1S/C13H11IN2O2/c1-17-12-3-9-10(5-14)8(6-15)7-16-11(9)4-13(12)18-2/h3-4,7H,5H2,1-2H3. The fourth-order valence-corrected chi connectivity index (χ4v) is 2.64. The Bertz CT molecular complexity index is 635. The molecule has 2 aromatic rings. The van der Waals surface area contributed by atoms with Gasteiger partial charge in [0.1, 0.15) is 6.07 Å². The van der Waals surface area contributed by atoms with E-state index in [-0.39, 0.29) is 0 Å². The van der Waals surface area contributed by atoms with Gasteiger partial charge >= 0.3 is 0 Å². The Morgan fingerprint density at radius 2 is 1.94 bits per heavy atom. The van der Waals surface area contributed by atoms with Gasteiger partial charge in [0.2, 0.25) is 0 Å². The first-order chi connectivity index (χ1) is 8.74. The van der Waals surface area contributed by atoms with Crippen LogP contribution in [0.25, 0.3) is 10.9 Å². The van der Waals surface area contributed by atoms with Crippen LogP contribution in [0.15, 0.2) is 18.3 Å². The van der Waals surface area contributed by atoms with Crippen molar-refractivity contribution in [2.45, 2.75) is 4.43 Å². The van der Waals surface area contributed by atoms with E-state index in [0.29, 0.717) is 17.1 Å². The lowest BCUT2D eigenvalue weighted by Gasteiger charge is -2.11. The van der Waals surface area contributed by atoms with Gasteiger partial charge in [0, 0.05) is 22.1 Å². The number of methoxy groups -OCH3 is 2. The number of aromatic nitrogens is 1. The Morgan fingerprint density at radius 1 is 1.28 bits per heavy atom. The topological polar surface area (TPSA) is 55.1 Å². The van der Waals surface area contributed by atoms with Crippen LogP contribution < -0.4 is 9.47 Å². The number of rotatable bonds is 3. The summed E-state index contributed by atoms with van der Waals surface area (Å²) in [7, 11) is 3.18. The summed E-state index contributed by atoms with van der Waals surface area (Å²) in [5.74, 6) is 1.29. The molecule has 0 fully saturated rings. The highest BCUT2D eigenvalue weighted by Crippen LogP contribution is 2.34. The predicted octanol–water partition coefficient (Wildman–Crippen LogP) is 3.06. The van der Waals surface area contributed by atoms with E-state index in [4.69, 9.17) is 14.7 Å². The monoisotopic (exact) mass is 354 g/mol. The minimum atomic E-state index is 0.601. The average molecular weight is 354 g/mol. The van der Waals surface area contributed by atoms with E-state index in [2.05, 4.69) is 33.6 Å². The molecule has 1 aromatic carbocycles. The lowest BCUT2D eigenvalue weighted by atomic mass is 10.1. The second-order valence-corrected chi connectivity index (χ2v) is 4.38. The molecule has 0 bridgehead atoms. The molecule has 0 radical (unpaired) electrons. The van der Waals surface area contributed by atoms with Crippen molar-refractivity contribution in [2.24, 2.45) is 0 Å². The third-order valence-electron chi connectivity index (χ3n) is 2.74. The lowest BCUT2D eigenvalue weighted by molar-refractivity contribution is 0.356. The molecule has 4 nitrogen and oxygen atoms in total. The highest BCUT2D eigenvalue weighted by molar-refractivity contribution is 14.1. The molecule has 0 unspecified atom stereocenters. The molecule has 0 aliphatic rings. The Hall–Kier alpha value is -1.55. The summed E-state index contributed by atoms with van der Waals surface area (Å²) in [5, 5.41) is 10.0. The first kappa shape index (κ1) is 12.9. The molecule has 0 atom stereocenters. The van der Waals surface area contributed by atoms with Gasteiger partial charge in [-0.3, -0.25) is 4.98 Å². The van der Waals surface area contributed by atoms with Gasteiger partial charge in [-0.05, 0) is 11.6 Å². The minimum Gasteiger partial charge on any atom is -0.493 e. The molecule has 1 heterocycles. The van der Waals surface area contributed by atoms with Crippen LogP contribution in [-0.2, 0) is 4.43 Å². The maximum atomic E-state index is 9.09. The number of hydrogen-bond acceptors (Lipinski definition) is 4. The summed E-state index contributed by atoms with van der Waals surface area (Å²) in [5.41, 5.74) is 2.38. The molecular weight excluding hydrogens is 343 g/mol. The quantitative estimate of drug-likeness (QED) is 0.628. The zero-order valence-electron chi connectivity index (χ0n) is 10.0. The van der Waals surface area contributed by atoms with E-state index in [1.54, 1.807) is 20.4 Å². The normalized spacial score (nSPS) is 10.1. The van der Waals surface area contributed by atoms with Gasteiger partial charge in [0.25, 0.3) is 0 Å². The average Bonchev–Trinajstić information content (AvgIpc) is 2.44. The van der Waals surface area contributed by atoms with Gasteiger partial charge in [-0.25, -0.2) is 0 Å². The fourth-order valence-electron chi connectivity index (χ4n) is 1.81. The number of alkyl halides is 1. The van der Waals surface area contributed by atoms with Crippen LogP contribution in [0.5, 0.6) is 11.5 Å². The van der Waals surface area contributed by atoms with Gasteiger partial charge in [-0.1, -0.05) is 22.6 Å². The third-order valence-corrected chi connectivity index (χ3v) is 3.50. The second-order valence-electron chi connectivity index (χ2n) is 3.62. The molecule has 0 aliphatic heterocycles. The van der Waals surface area contributed by atoms with Gasteiger partial charge in [0.15, 0.2) is 11.5 Å². The Kier molecular flexibility index (Phi) is 3.87. The molecule has 18 heavy (non-hydrogen) atoms. The molecule has 0 saturated heterocycles. The summed E-state index contributed by atoms with van der Waals surface area (Å²) >= 11 is 2.24. The molecule has 0 N–H and O–H groups in total. The van der Waals surface area contributed by atoms with Crippen LogP contribution in [0.2, 0.25) is 0 Å². The number of benzene rings is 1. The molecule has 0 aliphatic carbocycles. The third kappa shape index (κ3) is 2.08. The summed E-state index contributed by atoms with van der Waals surface area (Å²) in [4.78, 5) is 4.28.